The average Bonchev–Trinajstić information content (AvgIpc) is 2.81. The van der Waals surface area contributed by atoms with Crippen LogP contribution in [0.3, 0.4) is 0 Å². The van der Waals surface area contributed by atoms with E-state index in [0.29, 0.717) is 11.3 Å². The molecule has 2 aromatic rings. The van der Waals surface area contributed by atoms with Gasteiger partial charge in [-0.25, -0.2) is 4.90 Å². The minimum Gasteiger partial charge on any atom is -0.269 e. The van der Waals surface area contributed by atoms with Crippen molar-refractivity contribution in [1.82, 2.24) is 0 Å². The molecule has 1 aliphatic heterocycles. The van der Waals surface area contributed by atoms with Gasteiger partial charge in [0.15, 0.2) is 0 Å². The van der Waals surface area contributed by atoms with Crippen LogP contribution in [0.25, 0.3) is 6.08 Å². The predicted molar refractivity (Wildman–Crippen MR) is 82.5 cm³/mol. The highest BCUT2D eigenvalue weighted by molar-refractivity contribution is 6.31. The second-order valence-electron chi connectivity index (χ2n) is 4.66. The smallest absolute Gasteiger partial charge is 0.265 e. The quantitative estimate of drug-likeness (QED) is 0.807. The topological polar surface area (TPSA) is 37.4 Å². The van der Waals surface area contributed by atoms with Gasteiger partial charge < -0.3 is 0 Å². The van der Waals surface area contributed by atoms with Crippen molar-refractivity contribution in [3.8, 4) is 0 Å². The van der Waals surface area contributed by atoms with Crippen LogP contribution in [0.2, 0.25) is 0 Å². The minimum atomic E-state index is -0.307. The second-order valence-corrected chi connectivity index (χ2v) is 4.66. The van der Waals surface area contributed by atoms with Crippen LogP contribution in [-0.2, 0) is 9.59 Å². The van der Waals surface area contributed by atoms with Crippen molar-refractivity contribution in [2.45, 2.75) is 0 Å². The highest BCUT2D eigenvalue weighted by Gasteiger charge is 2.30. The highest BCUT2D eigenvalue weighted by Crippen LogP contribution is 2.23. The molecule has 102 valence electrons. The number of hydrogen-bond acceptors (Lipinski definition) is 2. The molecule has 0 radical (unpaired) electrons. The van der Waals surface area contributed by atoms with Crippen LogP contribution >= 0.6 is 0 Å². The van der Waals surface area contributed by atoms with Gasteiger partial charge in [0, 0.05) is 11.6 Å². The summed E-state index contributed by atoms with van der Waals surface area (Å²) in [6, 6.07) is 18.6. The lowest BCUT2D eigenvalue weighted by Gasteiger charge is -2.13. The summed E-state index contributed by atoms with van der Waals surface area (Å²) >= 11 is 0. The van der Waals surface area contributed by atoms with Crippen molar-refractivity contribution in [3.05, 3.63) is 84.0 Å². The Bertz CT molecular complexity index is 730. The SMILES string of the molecule is O=C1C=C(C=Cc2ccccc2)C(=O)N1c1ccccc1. The van der Waals surface area contributed by atoms with Crippen LogP contribution in [0.4, 0.5) is 5.69 Å². The van der Waals surface area contributed by atoms with Crippen molar-refractivity contribution < 1.29 is 9.59 Å². The van der Waals surface area contributed by atoms with Crippen LogP contribution in [0, 0.1) is 0 Å². The number of nitrogens with zero attached hydrogens (tertiary/aromatic N) is 1. The molecule has 21 heavy (non-hydrogen) atoms. The third-order valence-corrected chi connectivity index (χ3v) is 3.22. The Hall–Kier alpha value is -2.94. The van der Waals surface area contributed by atoms with E-state index in [1.165, 1.54) is 11.0 Å². The summed E-state index contributed by atoms with van der Waals surface area (Å²) in [5, 5.41) is 0. The molecule has 0 spiro atoms. The zero-order valence-corrected chi connectivity index (χ0v) is 11.3. The van der Waals surface area contributed by atoms with Crippen LogP contribution < -0.4 is 4.90 Å². The van der Waals surface area contributed by atoms with Gasteiger partial charge in [-0.3, -0.25) is 9.59 Å². The van der Waals surface area contributed by atoms with Gasteiger partial charge >= 0.3 is 0 Å². The number of hydrogen-bond donors (Lipinski definition) is 0. The van der Waals surface area contributed by atoms with Crippen LogP contribution in [0.5, 0.6) is 0 Å². The molecule has 0 saturated carbocycles. The van der Waals surface area contributed by atoms with E-state index in [0.717, 1.165) is 5.56 Å². The monoisotopic (exact) mass is 275 g/mol. The summed E-state index contributed by atoms with van der Waals surface area (Å²) in [7, 11) is 0. The fourth-order valence-electron chi connectivity index (χ4n) is 2.18. The summed E-state index contributed by atoms with van der Waals surface area (Å²) in [5.74, 6) is -0.600. The summed E-state index contributed by atoms with van der Waals surface area (Å²) in [5.41, 5.74) is 1.97. The molecule has 3 nitrogen and oxygen atoms in total. The lowest BCUT2D eigenvalue weighted by atomic mass is 10.1. The van der Waals surface area contributed by atoms with E-state index in [-0.39, 0.29) is 11.8 Å². The number of para-hydroxylation sites is 1. The molecule has 3 heteroatoms. The van der Waals surface area contributed by atoms with E-state index in [2.05, 4.69) is 0 Å². The Morgan fingerprint density at radius 2 is 1.38 bits per heavy atom. The Labute approximate surface area is 122 Å². The van der Waals surface area contributed by atoms with Crippen molar-refractivity contribution >= 4 is 23.6 Å². The third-order valence-electron chi connectivity index (χ3n) is 3.22. The molecule has 0 aliphatic carbocycles. The molecule has 0 unspecified atom stereocenters. The van der Waals surface area contributed by atoms with Gasteiger partial charge in [0.05, 0.1) is 5.69 Å². The number of carbonyl (C=O) groups is 2. The van der Waals surface area contributed by atoms with Gasteiger partial charge in [0.1, 0.15) is 0 Å². The van der Waals surface area contributed by atoms with Crippen molar-refractivity contribution in [3.63, 3.8) is 0 Å². The molecule has 0 atom stereocenters. The zero-order valence-electron chi connectivity index (χ0n) is 11.3. The van der Waals surface area contributed by atoms with E-state index in [9.17, 15) is 9.59 Å². The maximum Gasteiger partial charge on any atom is 0.265 e. The molecule has 0 aromatic heterocycles. The van der Waals surface area contributed by atoms with Crippen molar-refractivity contribution in [2.24, 2.45) is 0 Å². The van der Waals surface area contributed by atoms with E-state index < -0.39 is 0 Å². The van der Waals surface area contributed by atoms with Gasteiger partial charge in [-0.05, 0) is 23.8 Å². The number of rotatable bonds is 3. The van der Waals surface area contributed by atoms with Gasteiger partial charge in [-0.1, -0.05) is 54.6 Å². The largest absolute Gasteiger partial charge is 0.269 e. The lowest BCUT2D eigenvalue weighted by molar-refractivity contribution is -0.120. The zero-order chi connectivity index (χ0) is 14.7. The molecule has 0 bridgehead atoms. The fraction of sp³-hybridized carbons (Fsp3) is 0. The molecule has 2 amide bonds. The maximum atomic E-state index is 12.3. The molecule has 0 saturated heterocycles. The van der Waals surface area contributed by atoms with E-state index >= 15 is 0 Å². The Kier molecular flexibility index (Phi) is 3.48. The number of carbonyl (C=O) groups excluding carboxylic acids is 2. The predicted octanol–water partition coefficient (Wildman–Crippen LogP) is 3.20. The summed E-state index contributed by atoms with van der Waals surface area (Å²) < 4.78 is 0. The van der Waals surface area contributed by atoms with Gasteiger partial charge in [-0.15, -0.1) is 0 Å². The van der Waals surface area contributed by atoms with Gasteiger partial charge in [0.2, 0.25) is 0 Å². The second kappa shape index (κ2) is 5.59. The van der Waals surface area contributed by atoms with Crippen LogP contribution in [0.15, 0.2) is 78.4 Å². The fourth-order valence-corrected chi connectivity index (χ4v) is 2.18. The molecular weight excluding hydrogens is 262 g/mol. The highest BCUT2D eigenvalue weighted by atomic mass is 16.2. The van der Waals surface area contributed by atoms with E-state index in [1.807, 2.05) is 42.5 Å². The summed E-state index contributed by atoms with van der Waals surface area (Å²) in [6.07, 6.45) is 4.87. The normalized spacial score (nSPS) is 14.9. The third kappa shape index (κ3) is 2.67. The summed E-state index contributed by atoms with van der Waals surface area (Å²) in [6.45, 7) is 0. The molecule has 2 aromatic carbocycles. The Balaban J connectivity index is 1.83. The van der Waals surface area contributed by atoms with Gasteiger partial charge in [-0.2, -0.15) is 0 Å². The molecule has 0 N–H and O–H groups in total. The number of amides is 2. The molecular formula is C18H13NO2. The minimum absolute atomic E-state index is 0.293. The van der Waals surface area contributed by atoms with E-state index in [4.69, 9.17) is 0 Å². The van der Waals surface area contributed by atoms with Crippen LogP contribution in [0.1, 0.15) is 5.56 Å². The standard InChI is InChI=1S/C18H13NO2/c20-17-13-15(12-11-14-7-3-1-4-8-14)18(21)19(17)16-9-5-2-6-10-16/h1-13H. The summed E-state index contributed by atoms with van der Waals surface area (Å²) in [4.78, 5) is 25.5. The van der Waals surface area contributed by atoms with Crippen molar-refractivity contribution in [1.29, 1.82) is 0 Å². The molecule has 1 heterocycles. The number of anilines is 1. The van der Waals surface area contributed by atoms with E-state index in [1.54, 1.807) is 30.3 Å². The maximum absolute atomic E-state index is 12.3. The lowest BCUT2D eigenvalue weighted by Crippen LogP contribution is -2.30. The first-order valence-corrected chi connectivity index (χ1v) is 6.64. The van der Waals surface area contributed by atoms with Crippen LogP contribution in [-0.4, -0.2) is 11.8 Å². The Morgan fingerprint density at radius 3 is 2.05 bits per heavy atom. The first kappa shape index (κ1) is 13.1. The number of benzene rings is 2. The molecule has 3 rings (SSSR count). The van der Waals surface area contributed by atoms with Crippen molar-refractivity contribution in [2.75, 3.05) is 4.90 Å². The molecule has 1 aliphatic rings. The first-order chi connectivity index (χ1) is 10.3. The molecule has 0 fully saturated rings. The van der Waals surface area contributed by atoms with Gasteiger partial charge in [0.25, 0.3) is 11.8 Å². The number of imide groups is 1. The Morgan fingerprint density at radius 1 is 0.762 bits per heavy atom. The first-order valence-electron chi connectivity index (χ1n) is 6.64. The average molecular weight is 275 g/mol.